The number of methoxy groups -OCH3 is 1. The number of ether oxygens (including phenoxy) is 1. The van der Waals surface area contributed by atoms with Crippen molar-refractivity contribution >= 4 is 0 Å². The summed E-state index contributed by atoms with van der Waals surface area (Å²) in [6.45, 7) is 4.48. The van der Waals surface area contributed by atoms with Gasteiger partial charge in [0.15, 0.2) is 0 Å². The maximum absolute atomic E-state index is 6.22. The van der Waals surface area contributed by atoms with Gasteiger partial charge in [0, 0.05) is 26.3 Å². The van der Waals surface area contributed by atoms with Gasteiger partial charge in [0.25, 0.3) is 0 Å². The molecule has 1 aliphatic carbocycles. The third-order valence-electron chi connectivity index (χ3n) is 5.25. The lowest BCUT2D eigenvalue weighted by Crippen LogP contribution is -2.45. The molecule has 3 nitrogen and oxygen atoms in total. The first-order valence-electron chi connectivity index (χ1n) is 8.21. The highest BCUT2D eigenvalue weighted by atomic mass is 16.5. The zero-order chi connectivity index (χ0) is 13.6. The smallest absolute Gasteiger partial charge is 0.0462 e. The third-order valence-corrected chi connectivity index (χ3v) is 5.25. The molecule has 0 aromatic carbocycles. The highest BCUT2D eigenvalue weighted by molar-refractivity contribution is 4.88. The summed E-state index contributed by atoms with van der Waals surface area (Å²) < 4.78 is 5.09. The zero-order valence-corrected chi connectivity index (χ0v) is 12.7. The van der Waals surface area contributed by atoms with Gasteiger partial charge in [-0.1, -0.05) is 19.3 Å². The van der Waals surface area contributed by atoms with Crippen molar-refractivity contribution in [2.24, 2.45) is 11.1 Å². The summed E-state index contributed by atoms with van der Waals surface area (Å²) in [4.78, 5) is 2.59. The molecule has 1 heterocycles. The van der Waals surface area contributed by atoms with Crippen LogP contribution in [0.3, 0.4) is 0 Å². The van der Waals surface area contributed by atoms with E-state index in [1.807, 2.05) is 0 Å². The quantitative estimate of drug-likeness (QED) is 0.753. The molecule has 2 aliphatic rings. The van der Waals surface area contributed by atoms with Crippen LogP contribution in [0, 0.1) is 5.41 Å². The summed E-state index contributed by atoms with van der Waals surface area (Å²) >= 11 is 0. The van der Waals surface area contributed by atoms with Crippen molar-refractivity contribution < 1.29 is 4.74 Å². The lowest BCUT2D eigenvalue weighted by molar-refractivity contribution is 0.0639. The Bertz CT molecular complexity index is 241. The Hall–Kier alpha value is -0.120. The Labute approximate surface area is 118 Å². The number of hydrogen-bond donors (Lipinski definition) is 1. The molecule has 1 saturated carbocycles. The average molecular weight is 268 g/mol. The molecule has 1 aliphatic heterocycles. The predicted molar refractivity (Wildman–Crippen MR) is 80.3 cm³/mol. The fraction of sp³-hybridized carbons (Fsp3) is 1.00. The van der Waals surface area contributed by atoms with Gasteiger partial charge in [-0.2, -0.15) is 0 Å². The van der Waals surface area contributed by atoms with Gasteiger partial charge in [-0.05, 0) is 57.0 Å². The Balaban J connectivity index is 1.65. The third kappa shape index (κ3) is 4.73. The first-order valence-corrected chi connectivity index (χ1v) is 8.21. The van der Waals surface area contributed by atoms with E-state index in [4.69, 9.17) is 10.5 Å². The largest absolute Gasteiger partial charge is 0.385 e. The van der Waals surface area contributed by atoms with E-state index in [0.29, 0.717) is 6.04 Å². The van der Waals surface area contributed by atoms with E-state index >= 15 is 0 Å². The molecule has 1 unspecified atom stereocenters. The van der Waals surface area contributed by atoms with Crippen molar-refractivity contribution in [2.45, 2.75) is 63.8 Å². The van der Waals surface area contributed by atoms with E-state index in [1.165, 1.54) is 58.0 Å². The summed E-state index contributed by atoms with van der Waals surface area (Å²) in [5.74, 6) is 0. The molecule has 0 amide bonds. The summed E-state index contributed by atoms with van der Waals surface area (Å²) in [5, 5.41) is 0. The van der Waals surface area contributed by atoms with E-state index < -0.39 is 0 Å². The van der Waals surface area contributed by atoms with Gasteiger partial charge in [-0.3, -0.25) is 0 Å². The maximum Gasteiger partial charge on any atom is 0.0462 e. The van der Waals surface area contributed by atoms with Gasteiger partial charge in [0.1, 0.15) is 0 Å². The van der Waals surface area contributed by atoms with E-state index in [9.17, 15) is 0 Å². The molecule has 0 radical (unpaired) electrons. The second-order valence-corrected chi connectivity index (χ2v) is 6.76. The van der Waals surface area contributed by atoms with E-state index in [1.54, 1.807) is 7.11 Å². The van der Waals surface area contributed by atoms with Crippen LogP contribution in [0.1, 0.15) is 57.8 Å². The van der Waals surface area contributed by atoms with Crippen molar-refractivity contribution in [1.29, 1.82) is 0 Å². The summed E-state index contributed by atoms with van der Waals surface area (Å²) in [6, 6.07) is 0.329. The highest BCUT2D eigenvalue weighted by Crippen LogP contribution is 2.44. The van der Waals surface area contributed by atoms with Crippen LogP contribution in [-0.2, 0) is 4.74 Å². The standard InChI is InChI=1S/C16H32N2O/c1-19-13-5-6-15(17)14-18-11-9-16(10-12-18)7-3-2-4-8-16/h15H,2-14,17H2,1H3. The molecule has 1 spiro atoms. The molecule has 2 rings (SSSR count). The number of rotatable bonds is 6. The second kappa shape index (κ2) is 7.61. The van der Waals surface area contributed by atoms with Crippen molar-refractivity contribution in [3.8, 4) is 0 Å². The molecule has 2 fully saturated rings. The average Bonchev–Trinajstić information content (AvgIpc) is 2.43. The molecule has 0 bridgehead atoms. The molecule has 1 saturated heterocycles. The van der Waals surface area contributed by atoms with Crippen LogP contribution in [0.2, 0.25) is 0 Å². The van der Waals surface area contributed by atoms with Crippen LogP contribution in [0.25, 0.3) is 0 Å². The van der Waals surface area contributed by atoms with Crippen molar-refractivity contribution in [1.82, 2.24) is 4.90 Å². The lowest BCUT2D eigenvalue weighted by Gasteiger charge is -2.44. The van der Waals surface area contributed by atoms with Gasteiger partial charge in [0.05, 0.1) is 0 Å². The van der Waals surface area contributed by atoms with Gasteiger partial charge in [-0.25, -0.2) is 0 Å². The fourth-order valence-corrected chi connectivity index (χ4v) is 3.92. The lowest BCUT2D eigenvalue weighted by atomic mass is 9.68. The molecular formula is C16H32N2O. The fourth-order valence-electron chi connectivity index (χ4n) is 3.92. The normalized spacial score (nSPS) is 25.6. The zero-order valence-electron chi connectivity index (χ0n) is 12.7. The van der Waals surface area contributed by atoms with Crippen LogP contribution in [0.15, 0.2) is 0 Å². The van der Waals surface area contributed by atoms with E-state index in [2.05, 4.69) is 4.90 Å². The first kappa shape index (κ1) is 15.3. The molecular weight excluding hydrogens is 236 g/mol. The molecule has 112 valence electrons. The van der Waals surface area contributed by atoms with Crippen LogP contribution in [0.4, 0.5) is 0 Å². The second-order valence-electron chi connectivity index (χ2n) is 6.76. The highest BCUT2D eigenvalue weighted by Gasteiger charge is 2.35. The molecule has 3 heteroatoms. The Morgan fingerprint density at radius 3 is 2.42 bits per heavy atom. The molecule has 1 atom stereocenters. The number of nitrogens with two attached hydrogens (primary N) is 1. The number of nitrogens with zero attached hydrogens (tertiary/aromatic N) is 1. The maximum atomic E-state index is 6.22. The monoisotopic (exact) mass is 268 g/mol. The minimum absolute atomic E-state index is 0.329. The summed E-state index contributed by atoms with van der Waals surface area (Å²) in [7, 11) is 1.76. The summed E-state index contributed by atoms with van der Waals surface area (Å²) in [6.07, 6.45) is 12.4. The predicted octanol–water partition coefficient (Wildman–Crippen LogP) is 2.79. The van der Waals surface area contributed by atoms with Gasteiger partial charge < -0.3 is 15.4 Å². The molecule has 0 aromatic heterocycles. The van der Waals surface area contributed by atoms with E-state index in [0.717, 1.165) is 31.4 Å². The molecule has 2 N–H and O–H groups in total. The molecule has 19 heavy (non-hydrogen) atoms. The Morgan fingerprint density at radius 1 is 1.11 bits per heavy atom. The van der Waals surface area contributed by atoms with Crippen LogP contribution < -0.4 is 5.73 Å². The first-order chi connectivity index (χ1) is 9.24. The number of likely N-dealkylation sites (tertiary alicyclic amines) is 1. The van der Waals surface area contributed by atoms with Gasteiger partial charge in [0.2, 0.25) is 0 Å². The van der Waals surface area contributed by atoms with Crippen molar-refractivity contribution in [3.63, 3.8) is 0 Å². The number of hydrogen-bond acceptors (Lipinski definition) is 3. The minimum Gasteiger partial charge on any atom is -0.385 e. The van der Waals surface area contributed by atoms with E-state index in [-0.39, 0.29) is 0 Å². The summed E-state index contributed by atoms with van der Waals surface area (Å²) in [5.41, 5.74) is 6.94. The van der Waals surface area contributed by atoms with Gasteiger partial charge >= 0.3 is 0 Å². The molecule has 0 aromatic rings. The van der Waals surface area contributed by atoms with Gasteiger partial charge in [-0.15, -0.1) is 0 Å². The minimum atomic E-state index is 0.329. The van der Waals surface area contributed by atoms with Crippen LogP contribution in [0.5, 0.6) is 0 Å². The Kier molecular flexibility index (Phi) is 6.11. The topological polar surface area (TPSA) is 38.5 Å². The SMILES string of the molecule is COCCCC(N)CN1CCC2(CCCCC2)CC1. The van der Waals surface area contributed by atoms with Crippen LogP contribution >= 0.6 is 0 Å². The van der Waals surface area contributed by atoms with Crippen molar-refractivity contribution in [2.75, 3.05) is 33.4 Å². The van der Waals surface area contributed by atoms with Crippen LogP contribution in [-0.4, -0.2) is 44.3 Å². The number of piperidine rings is 1. The van der Waals surface area contributed by atoms with Crippen molar-refractivity contribution in [3.05, 3.63) is 0 Å². The Morgan fingerprint density at radius 2 is 1.79 bits per heavy atom.